The van der Waals surface area contributed by atoms with Gasteiger partial charge in [0, 0.05) is 19.3 Å². The maximum absolute atomic E-state index is 12.6. The monoisotopic (exact) mass is 340 g/mol. The number of nitrogens with zero attached hydrogens (tertiary/aromatic N) is 3. The lowest BCUT2D eigenvalue weighted by Gasteiger charge is -2.33. The summed E-state index contributed by atoms with van der Waals surface area (Å²) in [5, 5.41) is 11.5. The number of nitrogens with one attached hydrogen (secondary N) is 1. The van der Waals surface area contributed by atoms with Gasteiger partial charge in [-0.1, -0.05) is 6.58 Å². The van der Waals surface area contributed by atoms with Gasteiger partial charge in [0.25, 0.3) is 0 Å². The van der Waals surface area contributed by atoms with E-state index < -0.39 is 11.9 Å². The van der Waals surface area contributed by atoms with Crippen LogP contribution in [0.2, 0.25) is 0 Å². The Bertz CT molecular complexity index is 721. The van der Waals surface area contributed by atoms with Crippen LogP contribution in [0.3, 0.4) is 0 Å². The van der Waals surface area contributed by atoms with Crippen molar-refractivity contribution in [1.29, 1.82) is 5.26 Å². The molecular weight excluding hydrogens is 320 g/mol. The first-order valence-corrected chi connectivity index (χ1v) is 7.94. The Kier molecular flexibility index (Phi) is 5.90. The Balaban J connectivity index is 2.01. The first-order valence-electron chi connectivity index (χ1n) is 7.94. The molecule has 1 aliphatic heterocycles. The third-order valence-electron chi connectivity index (χ3n) is 4.01. The van der Waals surface area contributed by atoms with Crippen molar-refractivity contribution in [3.63, 3.8) is 0 Å². The summed E-state index contributed by atoms with van der Waals surface area (Å²) < 4.78 is 0. The van der Waals surface area contributed by atoms with Crippen LogP contribution in [-0.4, -0.2) is 48.8 Å². The molecule has 1 atom stereocenters. The molecule has 0 aliphatic carbocycles. The topological polar surface area (TPSA) is 93.5 Å². The summed E-state index contributed by atoms with van der Waals surface area (Å²) in [7, 11) is 1.50. The average molecular weight is 340 g/mol. The van der Waals surface area contributed by atoms with E-state index in [4.69, 9.17) is 5.26 Å². The van der Waals surface area contributed by atoms with Gasteiger partial charge < -0.3 is 15.1 Å². The summed E-state index contributed by atoms with van der Waals surface area (Å²) in [4.78, 5) is 39.0. The number of carbonyl (C=O) groups excluding carboxylic acids is 3. The average Bonchev–Trinajstić information content (AvgIpc) is 2.62. The third-order valence-corrected chi connectivity index (χ3v) is 4.01. The summed E-state index contributed by atoms with van der Waals surface area (Å²) in [6.45, 7) is 3.80. The fourth-order valence-electron chi connectivity index (χ4n) is 2.67. The summed E-state index contributed by atoms with van der Waals surface area (Å²) >= 11 is 0. The highest BCUT2D eigenvalue weighted by molar-refractivity contribution is 6.00. The Labute approximate surface area is 146 Å². The molecule has 1 saturated heterocycles. The predicted octanol–water partition coefficient (Wildman–Crippen LogP) is 0.814. The number of hydrogen-bond acceptors (Lipinski definition) is 4. The zero-order chi connectivity index (χ0) is 18.4. The SMILES string of the molecule is C=CC(=O)N(C)CC(=O)NC1CCCN(c2ccc(C#N)cc2)C1=O. The van der Waals surface area contributed by atoms with Gasteiger partial charge in [0.05, 0.1) is 18.2 Å². The lowest BCUT2D eigenvalue weighted by Crippen LogP contribution is -2.54. The number of nitriles is 1. The van der Waals surface area contributed by atoms with E-state index in [1.807, 2.05) is 6.07 Å². The van der Waals surface area contributed by atoms with E-state index in [-0.39, 0.29) is 18.4 Å². The normalized spacial score (nSPS) is 16.7. The van der Waals surface area contributed by atoms with E-state index in [1.165, 1.54) is 11.9 Å². The van der Waals surface area contributed by atoms with Crippen molar-refractivity contribution in [2.24, 2.45) is 0 Å². The second-order valence-electron chi connectivity index (χ2n) is 5.81. The predicted molar refractivity (Wildman–Crippen MR) is 92.5 cm³/mol. The maximum atomic E-state index is 12.6. The van der Waals surface area contributed by atoms with Gasteiger partial charge in [-0.25, -0.2) is 0 Å². The minimum atomic E-state index is -0.621. The molecule has 0 aromatic heterocycles. The second kappa shape index (κ2) is 8.11. The van der Waals surface area contributed by atoms with Crippen LogP contribution in [0, 0.1) is 11.3 Å². The Morgan fingerprint density at radius 1 is 1.44 bits per heavy atom. The lowest BCUT2D eigenvalue weighted by atomic mass is 10.0. The van der Waals surface area contributed by atoms with Crippen molar-refractivity contribution in [3.8, 4) is 6.07 Å². The molecule has 0 spiro atoms. The highest BCUT2D eigenvalue weighted by atomic mass is 16.2. The van der Waals surface area contributed by atoms with Crippen molar-refractivity contribution in [2.45, 2.75) is 18.9 Å². The van der Waals surface area contributed by atoms with E-state index >= 15 is 0 Å². The zero-order valence-electron chi connectivity index (χ0n) is 14.1. The van der Waals surface area contributed by atoms with E-state index in [0.29, 0.717) is 24.2 Å². The molecule has 1 aromatic rings. The molecule has 7 heteroatoms. The first kappa shape index (κ1) is 18.2. The Morgan fingerprint density at radius 2 is 2.12 bits per heavy atom. The van der Waals surface area contributed by atoms with E-state index in [1.54, 1.807) is 29.2 Å². The third kappa shape index (κ3) is 4.44. The quantitative estimate of drug-likeness (QED) is 0.803. The highest BCUT2D eigenvalue weighted by Crippen LogP contribution is 2.21. The molecule has 130 valence electrons. The zero-order valence-corrected chi connectivity index (χ0v) is 14.1. The summed E-state index contributed by atoms with van der Waals surface area (Å²) in [5.41, 5.74) is 1.22. The molecule has 1 heterocycles. The smallest absolute Gasteiger partial charge is 0.249 e. The minimum absolute atomic E-state index is 0.133. The van der Waals surface area contributed by atoms with E-state index in [2.05, 4.69) is 11.9 Å². The standard InChI is InChI=1S/C18H20N4O3/c1-3-17(24)21(2)12-16(23)20-15-5-4-10-22(18(15)25)14-8-6-13(11-19)7-9-14/h3,6-9,15H,1,4-5,10,12H2,2H3,(H,20,23). The van der Waals surface area contributed by atoms with Gasteiger partial charge in [0.1, 0.15) is 6.04 Å². The number of carbonyl (C=O) groups is 3. The largest absolute Gasteiger partial charge is 0.343 e. The molecule has 0 bridgehead atoms. The van der Waals surface area contributed by atoms with Crippen molar-refractivity contribution in [1.82, 2.24) is 10.2 Å². The van der Waals surface area contributed by atoms with Crippen LogP contribution >= 0.6 is 0 Å². The molecule has 1 N–H and O–H groups in total. The van der Waals surface area contributed by atoms with Crippen LogP contribution in [0.15, 0.2) is 36.9 Å². The van der Waals surface area contributed by atoms with Crippen molar-refractivity contribution in [2.75, 3.05) is 25.0 Å². The van der Waals surface area contributed by atoms with E-state index in [0.717, 1.165) is 12.5 Å². The summed E-state index contributed by atoms with van der Waals surface area (Å²) in [6.07, 6.45) is 2.43. The minimum Gasteiger partial charge on any atom is -0.343 e. The fraction of sp³-hybridized carbons (Fsp3) is 0.333. The van der Waals surface area contributed by atoms with Gasteiger partial charge in [-0.3, -0.25) is 14.4 Å². The van der Waals surface area contributed by atoms with Crippen molar-refractivity contribution >= 4 is 23.4 Å². The number of anilines is 1. The van der Waals surface area contributed by atoms with Crippen LogP contribution in [0.5, 0.6) is 0 Å². The fourth-order valence-corrected chi connectivity index (χ4v) is 2.67. The molecule has 1 unspecified atom stereocenters. The molecular formula is C18H20N4O3. The number of hydrogen-bond donors (Lipinski definition) is 1. The molecule has 1 aromatic carbocycles. The number of rotatable bonds is 5. The number of piperidine rings is 1. The Hall–Kier alpha value is -3.14. The molecule has 0 saturated carbocycles. The van der Waals surface area contributed by atoms with Gasteiger partial charge in [-0.05, 0) is 43.2 Å². The molecule has 1 fully saturated rings. The summed E-state index contributed by atoms with van der Waals surface area (Å²) in [5.74, 6) is -0.941. The van der Waals surface area contributed by atoms with Gasteiger partial charge in [0.15, 0.2) is 0 Å². The molecule has 7 nitrogen and oxygen atoms in total. The Morgan fingerprint density at radius 3 is 2.72 bits per heavy atom. The van der Waals surface area contributed by atoms with Gasteiger partial charge in [-0.2, -0.15) is 5.26 Å². The van der Waals surface area contributed by atoms with Crippen LogP contribution in [-0.2, 0) is 14.4 Å². The van der Waals surface area contributed by atoms with Crippen LogP contribution < -0.4 is 10.2 Å². The molecule has 25 heavy (non-hydrogen) atoms. The molecule has 0 radical (unpaired) electrons. The number of amides is 3. The highest BCUT2D eigenvalue weighted by Gasteiger charge is 2.31. The molecule has 1 aliphatic rings. The first-order chi connectivity index (χ1) is 12.0. The lowest BCUT2D eigenvalue weighted by molar-refractivity contribution is -0.133. The second-order valence-corrected chi connectivity index (χ2v) is 5.81. The summed E-state index contributed by atoms with van der Waals surface area (Å²) in [6, 6.07) is 8.16. The van der Waals surface area contributed by atoms with Crippen LogP contribution in [0.4, 0.5) is 5.69 Å². The van der Waals surface area contributed by atoms with E-state index in [9.17, 15) is 14.4 Å². The van der Waals surface area contributed by atoms with Crippen LogP contribution in [0.1, 0.15) is 18.4 Å². The van der Waals surface area contributed by atoms with Crippen LogP contribution in [0.25, 0.3) is 0 Å². The van der Waals surface area contributed by atoms with Crippen molar-refractivity contribution < 1.29 is 14.4 Å². The number of likely N-dealkylation sites (N-methyl/N-ethyl adjacent to an activating group) is 1. The van der Waals surface area contributed by atoms with Gasteiger partial charge >= 0.3 is 0 Å². The van der Waals surface area contributed by atoms with Crippen molar-refractivity contribution in [3.05, 3.63) is 42.5 Å². The van der Waals surface area contributed by atoms with Gasteiger partial charge in [0.2, 0.25) is 17.7 Å². The molecule has 3 amide bonds. The molecule has 2 rings (SSSR count). The van der Waals surface area contributed by atoms with Gasteiger partial charge in [-0.15, -0.1) is 0 Å². The number of benzene rings is 1. The maximum Gasteiger partial charge on any atom is 0.249 e.